The Bertz CT molecular complexity index is 769. The lowest BCUT2D eigenvalue weighted by molar-refractivity contribution is -0.123. The summed E-state index contributed by atoms with van der Waals surface area (Å²) in [6.07, 6.45) is 4.34. The minimum Gasteiger partial charge on any atom is -0.486 e. The van der Waals surface area contributed by atoms with E-state index in [1.807, 2.05) is 13.8 Å². The molecule has 0 fully saturated rings. The van der Waals surface area contributed by atoms with Crippen LogP contribution in [0, 0.1) is 0 Å². The van der Waals surface area contributed by atoms with Crippen LogP contribution in [0.1, 0.15) is 36.3 Å². The van der Waals surface area contributed by atoms with Crippen LogP contribution in [0.4, 0.5) is 0 Å². The molecule has 0 saturated carbocycles. The second-order valence-corrected chi connectivity index (χ2v) is 6.59. The summed E-state index contributed by atoms with van der Waals surface area (Å²) >= 11 is 0. The smallest absolute Gasteiger partial charge is 0.257 e. The predicted molar refractivity (Wildman–Crippen MR) is 90.9 cm³/mol. The number of carbonyl (C=O) groups is 2. The van der Waals surface area contributed by atoms with Gasteiger partial charge < -0.3 is 19.8 Å². The first-order valence-electron chi connectivity index (χ1n) is 8.16. The third-order valence-corrected chi connectivity index (χ3v) is 3.87. The fraction of sp³-hybridized carbons (Fsp3) is 0.389. The first-order valence-corrected chi connectivity index (χ1v) is 8.16. The van der Waals surface area contributed by atoms with Crippen molar-refractivity contribution < 1.29 is 19.1 Å². The van der Waals surface area contributed by atoms with E-state index in [0.717, 1.165) is 5.69 Å². The molecule has 0 radical (unpaired) electrons. The molecule has 1 aliphatic heterocycles. The number of ketones is 1. The van der Waals surface area contributed by atoms with E-state index < -0.39 is 5.60 Å². The number of hydrogen-bond acceptors (Lipinski definition) is 5. The molecule has 3 rings (SSSR count). The molecule has 1 aromatic heterocycles. The highest BCUT2D eigenvalue weighted by Crippen LogP contribution is 2.35. The van der Waals surface area contributed by atoms with E-state index in [1.54, 1.807) is 30.7 Å². The number of benzene rings is 1. The van der Waals surface area contributed by atoms with Gasteiger partial charge in [-0.05, 0) is 26.0 Å². The van der Waals surface area contributed by atoms with Crippen molar-refractivity contribution in [1.82, 2.24) is 15.3 Å². The summed E-state index contributed by atoms with van der Waals surface area (Å²) in [7, 11) is 0. The number of H-pyrrole nitrogens is 1. The average molecular weight is 343 g/mol. The molecule has 7 heteroatoms. The van der Waals surface area contributed by atoms with E-state index >= 15 is 0 Å². The quantitative estimate of drug-likeness (QED) is 0.835. The minimum atomic E-state index is -0.535. The van der Waals surface area contributed by atoms with Crippen LogP contribution in [0.2, 0.25) is 0 Å². The van der Waals surface area contributed by atoms with Crippen molar-refractivity contribution in [2.75, 3.05) is 13.2 Å². The zero-order valence-electron chi connectivity index (χ0n) is 14.3. The standard InChI is InChI=1S/C18H21N3O4/c1-18(2)8-15(22)14-4-3-13(7-16(14)25-18)24-10-17(23)20-6-5-12-9-19-11-21-12/h3-4,7,9,11H,5-6,8,10H2,1-2H3,(H,19,21)(H,20,23). The van der Waals surface area contributed by atoms with E-state index in [-0.39, 0.29) is 18.3 Å². The van der Waals surface area contributed by atoms with Crippen LogP contribution in [0.5, 0.6) is 11.5 Å². The highest BCUT2D eigenvalue weighted by molar-refractivity contribution is 6.00. The Balaban J connectivity index is 1.51. The molecule has 0 atom stereocenters. The Morgan fingerprint density at radius 2 is 2.28 bits per heavy atom. The van der Waals surface area contributed by atoms with Crippen LogP contribution in [-0.2, 0) is 11.2 Å². The number of Topliss-reactive ketones (excluding diaryl/α,β-unsaturated/α-hetero) is 1. The number of nitrogens with one attached hydrogen (secondary N) is 2. The lowest BCUT2D eigenvalue weighted by Crippen LogP contribution is -2.35. The molecule has 2 heterocycles. The van der Waals surface area contributed by atoms with E-state index in [1.165, 1.54) is 0 Å². The maximum absolute atomic E-state index is 12.1. The van der Waals surface area contributed by atoms with E-state index in [0.29, 0.717) is 36.4 Å². The molecule has 0 aliphatic carbocycles. The first-order chi connectivity index (χ1) is 11.9. The SMILES string of the molecule is CC1(C)CC(=O)c2ccc(OCC(=O)NCCc3cnc[nH]3)cc2O1. The molecule has 25 heavy (non-hydrogen) atoms. The van der Waals surface area contributed by atoms with Gasteiger partial charge in [0, 0.05) is 30.9 Å². The van der Waals surface area contributed by atoms with Crippen molar-refractivity contribution in [3.8, 4) is 11.5 Å². The summed E-state index contributed by atoms with van der Waals surface area (Å²) in [5.74, 6) is 0.829. The van der Waals surface area contributed by atoms with E-state index in [4.69, 9.17) is 9.47 Å². The molecule has 0 unspecified atom stereocenters. The van der Waals surface area contributed by atoms with Crippen LogP contribution in [0.3, 0.4) is 0 Å². The van der Waals surface area contributed by atoms with Gasteiger partial charge >= 0.3 is 0 Å². The van der Waals surface area contributed by atoms with Gasteiger partial charge in [-0.1, -0.05) is 0 Å². The lowest BCUT2D eigenvalue weighted by Gasteiger charge is -2.31. The number of amides is 1. The number of hydrogen-bond donors (Lipinski definition) is 2. The number of carbonyl (C=O) groups excluding carboxylic acids is 2. The van der Waals surface area contributed by atoms with Crippen LogP contribution >= 0.6 is 0 Å². The third-order valence-electron chi connectivity index (χ3n) is 3.87. The molecule has 0 bridgehead atoms. The molecule has 0 saturated heterocycles. The summed E-state index contributed by atoms with van der Waals surface area (Å²) in [6, 6.07) is 5.01. The third kappa shape index (κ3) is 4.37. The first kappa shape index (κ1) is 17.0. The Morgan fingerprint density at radius 1 is 1.44 bits per heavy atom. The predicted octanol–water partition coefficient (Wildman–Crippen LogP) is 1.89. The lowest BCUT2D eigenvalue weighted by atomic mass is 9.93. The number of aromatic amines is 1. The molecule has 0 spiro atoms. The van der Waals surface area contributed by atoms with Crippen LogP contribution in [0.15, 0.2) is 30.7 Å². The molecule has 132 valence electrons. The maximum atomic E-state index is 12.1. The number of rotatable bonds is 6. The summed E-state index contributed by atoms with van der Waals surface area (Å²) in [5.41, 5.74) is 0.975. The minimum absolute atomic E-state index is 0.0503. The van der Waals surface area contributed by atoms with Gasteiger partial charge in [0.15, 0.2) is 12.4 Å². The van der Waals surface area contributed by atoms with Crippen molar-refractivity contribution in [1.29, 1.82) is 0 Å². The van der Waals surface area contributed by atoms with E-state index in [2.05, 4.69) is 15.3 Å². The summed E-state index contributed by atoms with van der Waals surface area (Å²) in [6.45, 7) is 4.14. The van der Waals surface area contributed by atoms with Gasteiger partial charge in [-0.2, -0.15) is 0 Å². The fourth-order valence-corrected chi connectivity index (χ4v) is 2.68. The molecule has 1 aliphatic rings. The molecule has 2 N–H and O–H groups in total. The van der Waals surface area contributed by atoms with Crippen molar-refractivity contribution >= 4 is 11.7 Å². The Morgan fingerprint density at radius 3 is 3.04 bits per heavy atom. The highest BCUT2D eigenvalue weighted by Gasteiger charge is 2.32. The van der Waals surface area contributed by atoms with Gasteiger partial charge in [0.1, 0.15) is 17.1 Å². The largest absolute Gasteiger partial charge is 0.486 e. The normalized spacial score (nSPS) is 15.2. The number of nitrogens with zero attached hydrogens (tertiary/aromatic N) is 1. The monoisotopic (exact) mass is 343 g/mol. The second kappa shape index (κ2) is 6.96. The number of aromatic nitrogens is 2. The van der Waals surface area contributed by atoms with Crippen molar-refractivity contribution in [3.63, 3.8) is 0 Å². The van der Waals surface area contributed by atoms with Gasteiger partial charge in [-0.15, -0.1) is 0 Å². The number of fused-ring (bicyclic) bond motifs is 1. The zero-order chi connectivity index (χ0) is 17.9. The summed E-state index contributed by atoms with van der Waals surface area (Å²) in [4.78, 5) is 30.8. The Kier molecular flexibility index (Phi) is 4.74. The Labute approximate surface area is 145 Å². The van der Waals surface area contributed by atoms with Crippen molar-refractivity contribution in [2.24, 2.45) is 0 Å². The second-order valence-electron chi connectivity index (χ2n) is 6.59. The molecule has 1 amide bonds. The molecular formula is C18H21N3O4. The van der Waals surface area contributed by atoms with Crippen molar-refractivity contribution in [2.45, 2.75) is 32.3 Å². The molecule has 2 aromatic rings. The van der Waals surface area contributed by atoms with Gasteiger partial charge in [-0.3, -0.25) is 9.59 Å². The van der Waals surface area contributed by atoms with Gasteiger partial charge in [-0.25, -0.2) is 4.98 Å². The maximum Gasteiger partial charge on any atom is 0.257 e. The molecular weight excluding hydrogens is 322 g/mol. The zero-order valence-corrected chi connectivity index (χ0v) is 14.3. The topological polar surface area (TPSA) is 93.3 Å². The van der Waals surface area contributed by atoms with Crippen molar-refractivity contribution in [3.05, 3.63) is 42.0 Å². The van der Waals surface area contributed by atoms with Crippen LogP contribution in [0.25, 0.3) is 0 Å². The number of imidazole rings is 1. The van der Waals surface area contributed by atoms with E-state index in [9.17, 15) is 9.59 Å². The van der Waals surface area contributed by atoms with Gasteiger partial charge in [0.2, 0.25) is 0 Å². The van der Waals surface area contributed by atoms with Crippen LogP contribution in [-0.4, -0.2) is 40.4 Å². The van der Waals surface area contributed by atoms with Crippen LogP contribution < -0.4 is 14.8 Å². The summed E-state index contributed by atoms with van der Waals surface area (Å²) in [5, 5.41) is 2.78. The molecule has 1 aromatic carbocycles. The molecule has 7 nitrogen and oxygen atoms in total. The van der Waals surface area contributed by atoms with Gasteiger partial charge in [0.05, 0.1) is 18.3 Å². The fourth-order valence-electron chi connectivity index (χ4n) is 2.68. The Hall–Kier alpha value is -2.83. The van der Waals surface area contributed by atoms with Gasteiger partial charge in [0.25, 0.3) is 5.91 Å². The highest BCUT2D eigenvalue weighted by atomic mass is 16.5. The average Bonchev–Trinajstić information content (AvgIpc) is 3.05. The number of ether oxygens (including phenoxy) is 2. The summed E-state index contributed by atoms with van der Waals surface area (Å²) < 4.78 is 11.3.